The number of aromatic nitrogens is 1. The second kappa shape index (κ2) is 6.69. The molecule has 0 bridgehead atoms. The molecule has 1 N–H and O–H groups in total. The molecule has 1 aromatic carbocycles. The molecule has 0 fully saturated rings. The van der Waals surface area contributed by atoms with Gasteiger partial charge in [-0.05, 0) is 31.9 Å². The van der Waals surface area contributed by atoms with Crippen LogP contribution in [0, 0.1) is 11.8 Å². The van der Waals surface area contributed by atoms with Crippen molar-refractivity contribution in [2.45, 2.75) is 19.9 Å². The summed E-state index contributed by atoms with van der Waals surface area (Å²) in [6, 6.07) is 7.84. The van der Waals surface area contributed by atoms with E-state index in [4.69, 9.17) is 0 Å². The molecule has 1 amide bonds. The zero-order valence-corrected chi connectivity index (χ0v) is 13.5. The van der Waals surface area contributed by atoms with Crippen molar-refractivity contribution in [1.29, 1.82) is 0 Å². The first kappa shape index (κ1) is 14.8. The summed E-state index contributed by atoms with van der Waals surface area (Å²) in [5, 5.41) is 5.66. The molecular formula is C15H13BrN2OS. The van der Waals surface area contributed by atoms with Crippen molar-refractivity contribution in [1.82, 2.24) is 10.3 Å². The highest BCUT2D eigenvalue weighted by Gasteiger charge is 2.13. The monoisotopic (exact) mass is 348 g/mol. The Morgan fingerprint density at radius 2 is 2.10 bits per heavy atom. The van der Waals surface area contributed by atoms with Crippen LogP contribution < -0.4 is 5.32 Å². The molecule has 1 atom stereocenters. The molecule has 1 aromatic heterocycles. The van der Waals surface area contributed by atoms with E-state index in [9.17, 15) is 4.79 Å². The first-order valence-corrected chi connectivity index (χ1v) is 7.72. The van der Waals surface area contributed by atoms with Gasteiger partial charge in [-0.15, -0.1) is 11.3 Å². The summed E-state index contributed by atoms with van der Waals surface area (Å²) in [6.45, 7) is 3.54. The zero-order chi connectivity index (χ0) is 14.5. The van der Waals surface area contributed by atoms with Crippen LogP contribution in [-0.2, 0) is 4.79 Å². The highest BCUT2D eigenvalue weighted by molar-refractivity contribution is 9.10. The second-order valence-electron chi connectivity index (χ2n) is 4.15. The summed E-state index contributed by atoms with van der Waals surface area (Å²) in [4.78, 5) is 16.0. The van der Waals surface area contributed by atoms with Crippen LogP contribution in [0.25, 0.3) is 11.3 Å². The molecule has 0 saturated carbocycles. The van der Waals surface area contributed by atoms with E-state index in [1.165, 1.54) is 11.3 Å². The fourth-order valence-corrected chi connectivity index (χ4v) is 2.75. The highest BCUT2D eigenvalue weighted by Crippen LogP contribution is 2.26. The van der Waals surface area contributed by atoms with Gasteiger partial charge in [0, 0.05) is 15.4 Å². The lowest BCUT2D eigenvalue weighted by atomic mass is 10.2. The zero-order valence-electron chi connectivity index (χ0n) is 11.1. The Morgan fingerprint density at radius 3 is 2.75 bits per heavy atom. The standard InChI is InChI=1S/C15H13BrN2OS/c1-3-4-14(19)17-10(2)15-18-13(9-20-15)11-5-7-12(16)8-6-11/h5-10H,1-2H3,(H,17,19)/t10-/m0/s1. The van der Waals surface area contributed by atoms with Crippen LogP contribution in [0.5, 0.6) is 0 Å². The van der Waals surface area contributed by atoms with Crippen molar-refractivity contribution in [2.75, 3.05) is 0 Å². The molecule has 0 unspecified atom stereocenters. The third-order valence-corrected chi connectivity index (χ3v) is 4.17. The molecule has 0 saturated heterocycles. The predicted molar refractivity (Wildman–Crippen MR) is 85.3 cm³/mol. The second-order valence-corrected chi connectivity index (χ2v) is 5.95. The van der Waals surface area contributed by atoms with E-state index < -0.39 is 0 Å². The fraction of sp³-hybridized carbons (Fsp3) is 0.200. The average Bonchev–Trinajstić information content (AvgIpc) is 2.89. The molecular weight excluding hydrogens is 336 g/mol. The van der Waals surface area contributed by atoms with Crippen LogP contribution in [0.3, 0.4) is 0 Å². The van der Waals surface area contributed by atoms with Crippen LogP contribution in [-0.4, -0.2) is 10.9 Å². The van der Waals surface area contributed by atoms with Crippen molar-refractivity contribution in [3.63, 3.8) is 0 Å². The van der Waals surface area contributed by atoms with Gasteiger partial charge in [-0.2, -0.15) is 0 Å². The lowest BCUT2D eigenvalue weighted by molar-refractivity contribution is -0.116. The van der Waals surface area contributed by atoms with Crippen molar-refractivity contribution in [3.05, 3.63) is 39.1 Å². The molecule has 0 aliphatic carbocycles. The topological polar surface area (TPSA) is 42.0 Å². The molecule has 1 heterocycles. The van der Waals surface area contributed by atoms with E-state index in [2.05, 4.69) is 38.1 Å². The number of carbonyl (C=O) groups excluding carboxylic acids is 1. The molecule has 2 aromatic rings. The normalized spacial score (nSPS) is 11.3. The molecule has 0 aliphatic rings. The lowest BCUT2D eigenvalue weighted by Crippen LogP contribution is -2.24. The minimum absolute atomic E-state index is 0.141. The Bertz CT molecular complexity index is 667. The number of hydrogen-bond donors (Lipinski definition) is 1. The number of rotatable bonds is 3. The van der Waals surface area contributed by atoms with Crippen LogP contribution >= 0.6 is 27.3 Å². The maximum atomic E-state index is 11.4. The first-order valence-electron chi connectivity index (χ1n) is 6.04. The van der Waals surface area contributed by atoms with Crippen molar-refractivity contribution in [3.8, 4) is 23.1 Å². The van der Waals surface area contributed by atoms with Gasteiger partial charge in [0.1, 0.15) is 5.01 Å². The maximum Gasteiger partial charge on any atom is 0.296 e. The van der Waals surface area contributed by atoms with Crippen LogP contribution in [0.4, 0.5) is 0 Å². The lowest BCUT2D eigenvalue weighted by Gasteiger charge is -2.07. The number of benzene rings is 1. The number of halogens is 1. The summed E-state index contributed by atoms with van der Waals surface area (Å²) in [5.74, 6) is 4.76. The minimum Gasteiger partial charge on any atom is -0.336 e. The third-order valence-electron chi connectivity index (χ3n) is 2.62. The molecule has 2 rings (SSSR count). The number of carbonyl (C=O) groups is 1. The maximum absolute atomic E-state index is 11.4. The third kappa shape index (κ3) is 3.69. The SMILES string of the molecule is CC#CC(=O)N[C@@H](C)c1nc(-c2ccc(Br)cc2)cs1. The largest absolute Gasteiger partial charge is 0.336 e. The quantitative estimate of drug-likeness (QED) is 0.857. The number of hydrogen-bond acceptors (Lipinski definition) is 3. The average molecular weight is 349 g/mol. The van der Waals surface area contributed by atoms with Gasteiger partial charge in [0.05, 0.1) is 11.7 Å². The number of thiazole rings is 1. The van der Waals surface area contributed by atoms with E-state index in [1.54, 1.807) is 6.92 Å². The summed E-state index contributed by atoms with van der Waals surface area (Å²) >= 11 is 4.94. The van der Waals surface area contributed by atoms with Crippen molar-refractivity contribution >= 4 is 33.2 Å². The number of nitrogens with zero attached hydrogens (tertiary/aromatic N) is 1. The van der Waals surface area contributed by atoms with Gasteiger partial charge < -0.3 is 5.32 Å². The predicted octanol–water partition coefficient (Wildman–Crippen LogP) is 3.77. The molecule has 3 nitrogen and oxygen atoms in total. The fourth-order valence-electron chi connectivity index (χ4n) is 1.65. The number of nitrogens with one attached hydrogen (secondary N) is 1. The minimum atomic E-state index is -0.277. The highest BCUT2D eigenvalue weighted by atomic mass is 79.9. The van der Waals surface area contributed by atoms with Gasteiger partial charge in [-0.1, -0.05) is 34.0 Å². The summed E-state index contributed by atoms with van der Waals surface area (Å²) in [6.07, 6.45) is 0. The van der Waals surface area contributed by atoms with Gasteiger partial charge >= 0.3 is 0 Å². The Balaban J connectivity index is 2.13. The van der Waals surface area contributed by atoms with Gasteiger partial charge in [0.2, 0.25) is 0 Å². The van der Waals surface area contributed by atoms with E-state index in [1.807, 2.05) is 36.6 Å². The molecule has 5 heteroatoms. The van der Waals surface area contributed by atoms with Crippen LogP contribution in [0.2, 0.25) is 0 Å². The Hall–Kier alpha value is -1.64. The molecule has 0 spiro atoms. The van der Waals surface area contributed by atoms with Gasteiger partial charge in [-0.3, -0.25) is 4.79 Å². The van der Waals surface area contributed by atoms with E-state index in [-0.39, 0.29) is 11.9 Å². The summed E-state index contributed by atoms with van der Waals surface area (Å²) in [5.41, 5.74) is 1.97. The van der Waals surface area contributed by atoms with Crippen LogP contribution in [0.1, 0.15) is 24.9 Å². The Kier molecular flexibility index (Phi) is 4.94. The van der Waals surface area contributed by atoms with E-state index >= 15 is 0 Å². The Morgan fingerprint density at radius 1 is 1.40 bits per heavy atom. The van der Waals surface area contributed by atoms with E-state index in [0.717, 1.165) is 20.7 Å². The van der Waals surface area contributed by atoms with E-state index in [0.29, 0.717) is 0 Å². The van der Waals surface area contributed by atoms with Gasteiger partial charge in [0.15, 0.2) is 0 Å². The summed E-state index contributed by atoms with van der Waals surface area (Å²) < 4.78 is 1.04. The van der Waals surface area contributed by atoms with Crippen LogP contribution in [0.15, 0.2) is 34.1 Å². The molecule has 0 radical (unpaired) electrons. The summed E-state index contributed by atoms with van der Waals surface area (Å²) in [7, 11) is 0. The molecule has 102 valence electrons. The first-order chi connectivity index (χ1) is 9.60. The molecule has 20 heavy (non-hydrogen) atoms. The van der Waals surface area contributed by atoms with Crippen molar-refractivity contribution < 1.29 is 4.79 Å². The Labute approximate surface area is 130 Å². The van der Waals surface area contributed by atoms with Gasteiger partial charge in [-0.25, -0.2) is 4.98 Å². The smallest absolute Gasteiger partial charge is 0.296 e. The van der Waals surface area contributed by atoms with Crippen molar-refractivity contribution in [2.24, 2.45) is 0 Å². The molecule has 0 aliphatic heterocycles. The van der Waals surface area contributed by atoms with Gasteiger partial charge in [0.25, 0.3) is 5.91 Å². The number of amides is 1.